The molecule has 1 saturated carbocycles. The van der Waals surface area contributed by atoms with Gasteiger partial charge < -0.3 is 5.73 Å². The van der Waals surface area contributed by atoms with E-state index in [2.05, 4.69) is 32.6 Å². The first-order valence-electron chi connectivity index (χ1n) is 8.41. The summed E-state index contributed by atoms with van der Waals surface area (Å²) in [6.07, 6.45) is 8.06. The molecule has 2 fully saturated rings. The molecular weight excluding hydrogens is 232 g/mol. The molecule has 2 heteroatoms. The molecule has 1 saturated heterocycles. The highest BCUT2D eigenvalue weighted by molar-refractivity contribution is 4.94. The van der Waals surface area contributed by atoms with Crippen LogP contribution in [0.2, 0.25) is 0 Å². The van der Waals surface area contributed by atoms with Crippen LogP contribution in [0.5, 0.6) is 0 Å². The van der Waals surface area contributed by atoms with Crippen molar-refractivity contribution in [2.24, 2.45) is 23.0 Å². The van der Waals surface area contributed by atoms with Crippen LogP contribution in [0.1, 0.15) is 66.2 Å². The summed E-state index contributed by atoms with van der Waals surface area (Å²) < 4.78 is 0. The smallest absolute Gasteiger partial charge is 0.0249 e. The molecule has 4 unspecified atom stereocenters. The summed E-state index contributed by atoms with van der Waals surface area (Å²) in [5.74, 6) is 1.79. The third-order valence-electron chi connectivity index (χ3n) is 5.59. The first-order valence-corrected chi connectivity index (χ1v) is 8.41. The molecule has 0 bridgehead atoms. The van der Waals surface area contributed by atoms with Crippen LogP contribution in [-0.4, -0.2) is 30.1 Å². The van der Waals surface area contributed by atoms with Crippen molar-refractivity contribution < 1.29 is 0 Å². The minimum atomic E-state index is 0.423. The van der Waals surface area contributed by atoms with Gasteiger partial charge in [-0.25, -0.2) is 0 Å². The van der Waals surface area contributed by atoms with Crippen LogP contribution < -0.4 is 5.73 Å². The van der Waals surface area contributed by atoms with Gasteiger partial charge in [0.2, 0.25) is 0 Å². The van der Waals surface area contributed by atoms with E-state index in [1.54, 1.807) is 0 Å². The summed E-state index contributed by atoms with van der Waals surface area (Å²) >= 11 is 0. The van der Waals surface area contributed by atoms with Gasteiger partial charge in [0.05, 0.1) is 0 Å². The van der Waals surface area contributed by atoms with Gasteiger partial charge in [0.1, 0.15) is 0 Å². The Balaban J connectivity index is 1.93. The van der Waals surface area contributed by atoms with Crippen LogP contribution in [0.4, 0.5) is 0 Å². The maximum absolute atomic E-state index is 6.43. The second-order valence-corrected chi connectivity index (χ2v) is 8.05. The molecule has 112 valence electrons. The number of likely N-dealkylation sites (tertiary alicyclic amines) is 1. The van der Waals surface area contributed by atoms with E-state index in [0.29, 0.717) is 17.5 Å². The van der Waals surface area contributed by atoms with E-state index >= 15 is 0 Å². The first-order chi connectivity index (χ1) is 8.91. The van der Waals surface area contributed by atoms with Gasteiger partial charge in [-0.1, -0.05) is 40.5 Å². The highest BCUT2D eigenvalue weighted by Crippen LogP contribution is 2.37. The van der Waals surface area contributed by atoms with Crippen LogP contribution in [0.25, 0.3) is 0 Å². The topological polar surface area (TPSA) is 29.3 Å². The molecule has 0 spiro atoms. The zero-order valence-corrected chi connectivity index (χ0v) is 13.5. The molecule has 1 aliphatic carbocycles. The Hall–Kier alpha value is -0.0800. The summed E-state index contributed by atoms with van der Waals surface area (Å²) in [7, 11) is 0. The molecule has 0 radical (unpaired) electrons. The molecule has 19 heavy (non-hydrogen) atoms. The maximum atomic E-state index is 6.43. The lowest BCUT2D eigenvalue weighted by molar-refractivity contribution is 0.118. The van der Waals surface area contributed by atoms with E-state index in [1.165, 1.54) is 51.6 Å². The van der Waals surface area contributed by atoms with Crippen molar-refractivity contribution in [2.45, 2.75) is 78.3 Å². The Morgan fingerprint density at radius 3 is 2.47 bits per heavy atom. The van der Waals surface area contributed by atoms with E-state index in [-0.39, 0.29) is 0 Å². The minimum Gasteiger partial charge on any atom is -0.326 e. The van der Waals surface area contributed by atoms with Crippen LogP contribution in [0, 0.1) is 17.3 Å². The lowest BCUT2D eigenvalue weighted by Gasteiger charge is -2.40. The Labute approximate surface area is 120 Å². The van der Waals surface area contributed by atoms with Crippen molar-refractivity contribution >= 4 is 0 Å². The van der Waals surface area contributed by atoms with Crippen LogP contribution in [0.15, 0.2) is 0 Å². The molecule has 1 heterocycles. The van der Waals surface area contributed by atoms with E-state index in [4.69, 9.17) is 5.73 Å². The van der Waals surface area contributed by atoms with Gasteiger partial charge in [0, 0.05) is 18.6 Å². The molecule has 4 atom stereocenters. The van der Waals surface area contributed by atoms with E-state index in [1.807, 2.05) is 0 Å². The third kappa shape index (κ3) is 3.72. The van der Waals surface area contributed by atoms with Gasteiger partial charge in [-0.15, -0.1) is 0 Å². The van der Waals surface area contributed by atoms with Gasteiger partial charge in [-0.3, -0.25) is 4.90 Å². The number of nitrogens with two attached hydrogens (primary N) is 1. The number of nitrogens with zero attached hydrogens (tertiary/aromatic N) is 1. The van der Waals surface area contributed by atoms with Gasteiger partial charge in [0.15, 0.2) is 0 Å². The van der Waals surface area contributed by atoms with E-state index in [0.717, 1.165) is 11.8 Å². The quantitative estimate of drug-likeness (QED) is 0.845. The monoisotopic (exact) mass is 266 g/mol. The minimum absolute atomic E-state index is 0.423. The van der Waals surface area contributed by atoms with Crippen LogP contribution in [-0.2, 0) is 0 Å². The van der Waals surface area contributed by atoms with E-state index < -0.39 is 0 Å². The Kier molecular flexibility index (Phi) is 4.94. The normalized spacial score (nSPS) is 37.7. The first kappa shape index (κ1) is 15.3. The fourth-order valence-electron chi connectivity index (χ4n) is 4.14. The molecule has 0 amide bonds. The van der Waals surface area contributed by atoms with Crippen LogP contribution in [0.3, 0.4) is 0 Å². The highest BCUT2D eigenvalue weighted by Gasteiger charge is 2.38. The zero-order chi connectivity index (χ0) is 14.0. The summed E-state index contributed by atoms with van der Waals surface area (Å²) in [5, 5.41) is 0. The molecule has 2 nitrogen and oxygen atoms in total. The second-order valence-electron chi connectivity index (χ2n) is 8.05. The average molecular weight is 266 g/mol. The van der Waals surface area contributed by atoms with Crippen LogP contribution >= 0.6 is 0 Å². The summed E-state index contributed by atoms with van der Waals surface area (Å²) in [6, 6.07) is 1.09. The highest BCUT2D eigenvalue weighted by atomic mass is 15.2. The largest absolute Gasteiger partial charge is 0.326 e. The fourth-order valence-corrected chi connectivity index (χ4v) is 4.14. The lowest BCUT2D eigenvalue weighted by atomic mass is 9.79. The molecule has 0 aromatic heterocycles. The fraction of sp³-hybridized carbons (Fsp3) is 1.00. The number of hydrogen-bond donors (Lipinski definition) is 1. The molecule has 1 aliphatic heterocycles. The summed E-state index contributed by atoms with van der Waals surface area (Å²) in [5.41, 5.74) is 6.88. The molecule has 2 N–H and O–H groups in total. The van der Waals surface area contributed by atoms with Crippen molar-refractivity contribution in [2.75, 3.05) is 13.1 Å². The predicted molar refractivity (Wildman–Crippen MR) is 83.1 cm³/mol. The van der Waals surface area contributed by atoms with Gasteiger partial charge in [-0.2, -0.15) is 0 Å². The van der Waals surface area contributed by atoms with Crippen molar-refractivity contribution in [3.63, 3.8) is 0 Å². The number of hydrogen-bond acceptors (Lipinski definition) is 2. The average Bonchev–Trinajstić information content (AvgIpc) is 2.81. The summed E-state index contributed by atoms with van der Waals surface area (Å²) in [6.45, 7) is 12.0. The molecule has 2 aliphatic rings. The Morgan fingerprint density at radius 2 is 1.89 bits per heavy atom. The van der Waals surface area contributed by atoms with Gasteiger partial charge in [-0.05, 0) is 49.5 Å². The van der Waals surface area contributed by atoms with Crippen molar-refractivity contribution in [3.8, 4) is 0 Å². The SMILES string of the molecule is CCCC1CCC(N)C(N2CCC(C(C)(C)C)C2)C1. The maximum Gasteiger partial charge on any atom is 0.0249 e. The Bertz CT molecular complexity index is 281. The van der Waals surface area contributed by atoms with Gasteiger partial charge >= 0.3 is 0 Å². The summed E-state index contributed by atoms with van der Waals surface area (Å²) in [4.78, 5) is 2.72. The third-order valence-corrected chi connectivity index (χ3v) is 5.59. The molecular formula is C17H34N2. The van der Waals surface area contributed by atoms with Gasteiger partial charge in [0.25, 0.3) is 0 Å². The Morgan fingerprint density at radius 1 is 1.16 bits per heavy atom. The van der Waals surface area contributed by atoms with Crippen molar-refractivity contribution in [3.05, 3.63) is 0 Å². The van der Waals surface area contributed by atoms with Crippen molar-refractivity contribution in [1.82, 2.24) is 4.90 Å². The lowest BCUT2D eigenvalue weighted by Crippen LogP contribution is -2.50. The zero-order valence-electron chi connectivity index (χ0n) is 13.5. The standard InChI is InChI=1S/C17H34N2/c1-5-6-13-7-8-15(18)16(11-13)19-10-9-14(12-19)17(2,3)4/h13-16H,5-12,18H2,1-4H3. The number of rotatable bonds is 3. The molecule has 2 rings (SSSR count). The molecule has 0 aromatic rings. The predicted octanol–water partition coefficient (Wildman–Crippen LogP) is 3.65. The van der Waals surface area contributed by atoms with E-state index in [9.17, 15) is 0 Å². The second kappa shape index (κ2) is 6.13. The van der Waals surface area contributed by atoms with Crippen molar-refractivity contribution in [1.29, 1.82) is 0 Å². The molecule has 0 aromatic carbocycles.